The van der Waals surface area contributed by atoms with Crippen LogP contribution in [0.5, 0.6) is 0 Å². The zero-order chi connectivity index (χ0) is 29.2. The molecule has 3 fully saturated rings. The lowest BCUT2D eigenvalue weighted by Gasteiger charge is -2.42. The molecule has 41 heavy (non-hydrogen) atoms. The summed E-state index contributed by atoms with van der Waals surface area (Å²) in [6, 6.07) is 10.4. The average molecular weight is 583 g/mol. The Morgan fingerprint density at radius 2 is 1.73 bits per heavy atom. The van der Waals surface area contributed by atoms with Crippen LogP contribution in [0, 0.1) is 11.3 Å². The summed E-state index contributed by atoms with van der Waals surface area (Å²) >= 11 is 6.40. The van der Waals surface area contributed by atoms with Crippen LogP contribution in [0.2, 0.25) is 5.02 Å². The van der Waals surface area contributed by atoms with E-state index in [-0.39, 0.29) is 22.8 Å². The number of hydrogen-bond donors (Lipinski definition) is 1. The zero-order valence-electron chi connectivity index (χ0n) is 24.6. The quantitative estimate of drug-likeness (QED) is 0.491. The Labute approximate surface area is 249 Å². The van der Waals surface area contributed by atoms with Gasteiger partial charge in [-0.05, 0) is 63.5 Å². The van der Waals surface area contributed by atoms with Gasteiger partial charge in [-0.3, -0.25) is 25.0 Å². The lowest BCUT2D eigenvalue weighted by molar-refractivity contribution is 0.0658. The third kappa shape index (κ3) is 8.37. The Morgan fingerprint density at radius 1 is 1.07 bits per heavy atom. The topological polar surface area (TPSA) is 101 Å². The Kier molecular flexibility index (Phi) is 11.7. The number of aromatic nitrogens is 2. The molecule has 1 amide bonds. The molecule has 5 rings (SSSR count). The molecule has 0 radical (unpaired) electrons. The second-order valence-corrected chi connectivity index (χ2v) is 11.1. The van der Waals surface area contributed by atoms with Gasteiger partial charge in [0.15, 0.2) is 5.82 Å². The summed E-state index contributed by atoms with van der Waals surface area (Å²) in [6.45, 7) is 12.9. The zero-order valence-corrected chi connectivity index (χ0v) is 25.3. The van der Waals surface area contributed by atoms with Gasteiger partial charge in [0.2, 0.25) is 5.82 Å². The van der Waals surface area contributed by atoms with E-state index in [2.05, 4.69) is 37.1 Å². The molecule has 10 nitrogen and oxygen atoms in total. The largest absolute Gasteiger partial charge is 0.381 e. The SMILES string of the molecule is CC.CN1CCN(C2CCN(Cc3ccc(C(=O)NN(c4nc(C#N)ncc4Cl)C4CCOCC4)cc3)CC2)CC1. The first-order valence-electron chi connectivity index (χ1n) is 14.8. The fraction of sp³-hybridized carbons (Fsp3) is 0.600. The molecular weight excluding hydrogens is 540 g/mol. The van der Waals surface area contributed by atoms with Crippen molar-refractivity contribution in [2.75, 3.05) is 64.5 Å². The van der Waals surface area contributed by atoms with Gasteiger partial charge >= 0.3 is 0 Å². The minimum absolute atomic E-state index is 0.00220. The lowest BCUT2D eigenvalue weighted by atomic mass is 10.0. The maximum Gasteiger partial charge on any atom is 0.269 e. The molecule has 0 saturated carbocycles. The number of hydrogen-bond acceptors (Lipinski definition) is 9. The standard InChI is InChI=1S/C28H37ClN8O2.C2H6/c1-34-12-14-36(15-13-34)23-6-10-35(11-7-23)20-21-2-4-22(5-3-21)28(38)33-37(24-8-16-39-17-9-24)27-25(29)19-31-26(18-30)32-27;1-2/h2-5,19,23-24H,6-17,20H2,1H3,(H,33,38);1-2H3. The number of nitrogens with one attached hydrogen (secondary N) is 1. The summed E-state index contributed by atoms with van der Waals surface area (Å²) in [5.74, 6) is 0.0620. The lowest BCUT2D eigenvalue weighted by Crippen LogP contribution is -2.52. The Hall–Kier alpha value is -2.81. The molecule has 222 valence electrons. The second-order valence-electron chi connectivity index (χ2n) is 10.7. The van der Waals surface area contributed by atoms with Crippen LogP contribution in [-0.2, 0) is 11.3 Å². The van der Waals surface area contributed by atoms with E-state index in [4.69, 9.17) is 16.3 Å². The van der Waals surface area contributed by atoms with Crippen molar-refractivity contribution in [3.8, 4) is 6.07 Å². The first-order valence-corrected chi connectivity index (χ1v) is 15.2. The summed E-state index contributed by atoms with van der Waals surface area (Å²) in [7, 11) is 2.20. The average Bonchev–Trinajstić information content (AvgIpc) is 3.03. The number of rotatable bonds is 7. The van der Waals surface area contributed by atoms with Crippen molar-refractivity contribution in [3.63, 3.8) is 0 Å². The summed E-state index contributed by atoms with van der Waals surface area (Å²) in [5, 5.41) is 11.2. The van der Waals surface area contributed by atoms with Gasteiger partial charge in [0, 0.05) is 57.5 Å². The van der Waals surface area contributed by atoms with Crippen molar-refractivity contribution in [3.05, 3.63) is 52.4 Å². The predicted octanol–water partition coefficient (Wildman–Crippen LogP) is 3.57. The molecule has 1 aromatic carbocycles. The van der Waals surface area contributed by atoms with Crippen molar-refractivity contribution in [2.45, 2.75) is 58.2 Å². The number of halogens is 1. The number of ether oxygens (including phenoxy) is 1. The van der Waals surface area contributed by atoms with Crippen LogP contribution >= 0.6 is 11.6 Å². The first-order chi connectivity index (χ1) is 20.0. The number of anilines is 1. The van der Waals surface area contributed by atoms with E-state index in [0.29, 0.717) is 43.5 Å². The van der Waals surface area contributed by atoms with Gasteiger partial charge in [0.25, 0.3) is 5.91 Å². The normalized spacial score (nSPS) is 19.6. The third-order valence-electron chi connectivity index (χ3n) is 8.07. The van der Waals surface area contributed by atoms with Gasteiger partial charge in [0.1, 0.15) is 11.1 Å². The number of carbonyl (C=O) groups is 1. The van der Waals surface area contributed by atoms with E-state index in [0.717, 1.165) is 19.6 Å². The van der Waals surface area contributed by atoms with E-state index in [1.54, 1.807) is 5.01 Å². The number of nitrogens with zero attached hydrogens (tertiary/aromatic N) is 7. The molecule has 0 bridgehead atoms. The fourth-order valence-corrected chi connectivity index (χ4v) is 5.85. The van der Waals surface area contributed by atoms with Crippen LogP contribution in [0.25, 0.3) is 0 Å². The molecule has 0 unspecified atom stereocenters. The van der Waals surface area contributed by atoms with E-state index in [1.807, 2.05) is 44.2 Å². The molecule has 11 heteroatoms. The summed E-state index contributed by atoms with van der Waals surface area (Å²) in [6.07, 6.45) is 5.22. The molecule has 4 heterocycles. The predicted molar refractivity (Wildman–Crippen MR) is 161 cm³/mol. The van der Waals surface area contributed by atoms with Crippen LogP contribution in [-0.4, -0.2) is 102 Å². The van der Waals surface area contributed by atoms with Gasteiger partial charge < -0.3 is 9.64 Å². The van der Waals surface area contributed by atoms with Crippen LogP contribution in [0.4, 0.5) is 5.82 Å². The maximum atomic E-state index is 13.3. The highest BCUT2D eigenvalue weighted by Crippen LogP contribution is 2.27. The van der Waals surface area contributed by atoms with Crippen molar-refractivity contribution < 1.29 is 9.53 Å². The number of likely N-dealkylation sites (tertiary alicyclic amines) is 1. The smallest absolute Gasteiger partial charge is 0.269 e. The number of hydrazine groups is 1. The number of piperidine rings is 1. The van der Waals surface area contributed by atoms with Crippen molar-refractivity contribution in [1.29, 1.82) is 5.26 Å². The van der Waals surface area contributed by atoms with E-state index < -0.39 is 0 Å². The first kappa shape index (κ1) is 31.1. The van der Waals surface area contributed by atoms with Crippen molar-refractivity contribution in [1.82, 2.24) is 30.1 Å². The number of carbonyl (C=O) groups excluding carboxylic acids is 1. The Bertz CT molecular complexity index is 1150. The summed E-state index contributed by atoms with van der Waals surface area (Å²) < 4.78 is 5.50. The molecule has 1 aromatic heterocycles. The molecular formula is C30H43ClN8O2. The highest BCUT2D eigenvalue weighted by molar-refractivity contribution is 6.32. The number of piperazine rings is 1. The maximum absolute atomic E-state index is 13.3. The van der Waals surface area contributed by atoms with Crippen molar-refractivity contribution >= 4 is 23.3 Å². The molecule has 0 spiro atoms. The molecule has 3 aliphatic heterocycles. The number of likely N-dealkylation sites (N-methyl/N-ethyl adjacent to an activating group) is 1. The van der Waals surface area contributed by atoms with Crippen LogP contribution in [0.15, 0.2) is 30.5 Å². The molecule has 1 N–H and O–H groups in total. The molecule has 3 aliphatic rings. The third-order valence-corrected chi connectivity index (χ3v) is 8.33. The van der Waals surface area contributed by atoms with Gasteiger partial charge in [0.05, 0.1) is 12.2 Å². The highest BCUT2D eigenvalue weighted by Gasteiger charge is 2.28. The van der Waals surface area contributed by atoms with Crippen molar-refractivity contribution in [2.24, 2.45) is 0 Å². The Morgan fingerprint density at radius 3 is 2.37 bits per heavy atom. The molecule has 2 aromatic rings. The van der Waals surface area contributed by atoms with Gasteiger partial charge in [-0.2, -0.15) is 10.2 Å². The second kappa shape index (κ2) is 15.4. The number of amides is 1. The minimum Gasteiger partial charge on any atom is -0.381 e. The van der Waals surface area contributed by atoms with Crippen LogP contribution in [0.1, 0.15) is 61.3 Å². The van der Waals surface area contributed by atoms with E-state index in [1.165, 1.54) is 50.8 Å². The number of benzene rings is 1. The summed E-state index contributed by atoms with van der Waals surface area (Å²) in [4.78, 5) is 29.1. The molecule has 3 saturated heterocycles. The van der Waals surface area contributed by atoms with E-state index >= 15 is 0 Å². The monoisotopic (exact) mass is 582 g/mol. The molecule has 0 atom stereocenters. The van der Waals surface area contributed by atoms with Gasteiger partial charge in [-0.15, -0.1) is 0 Å². The van der Waals surface area contributed by atoms with Crippen LogP contribution < -0.4 is 10.4 Å². The number of nitriles is 1. The van der Waals surface area contributed by atoms with Crippen LogP contribution in [0.3, 0.4) is 0 Å². The highest BCUT2D eigenvalue weighted by atomic mass is 35.5. The Balaban J connectivity index is 0.00000189. The van der Waals surface area contributed by atoms with E-state index in [9.17, 15) is 10.1 Å². The van der Waals surface area contributed by atoms with Gasteiger partial charge in [-0.1, -0.05) is 37.6 Å². The fourth-order valence-electron chi connectivity index (χ4n) is 5.66. The molecule has 0 aliphatic carbocycles. The minimum atomic E-state index is -0.255. The van der Waals surface area contributed by atoms with Gasteiger partial charge in [-0.25, -0.2) is 4.98 Å². The summed E-state index contributed by atoms with van der Waals surface area (Å²) in [5.41, 5.74) is 4.74.